The molecule has 5 rings (SSSR count). The highest BCUT2D eigenvalue weighted by molar-refractivity contribution is 7.90. The Morgan fingerprint density at radius 3 is 2.56 bits per heavy atom. The summed E-state index contributed by atoms with van der Waals surface area (Å²) in [6.07, 6.45) is 3.11. The second-order valence-corrected chi connectivity index (χ2v) is 10.4. The number of sulfone groups is 1. The van der Waals surface area contributed by atoms with Crippen LogP contribution in [0, 0.1) is 0 Å². The molecule has 0 radical (unpaired) electrons. The average Bonchev–Trinajstić information content (AvgIpc) is 3.23. The van der Waals surface area contributed by atoms with Crippen molar-refractivity contribution < 1.29 is 22.7 Å². The first-order valence-electron chi connectivity index (χ1n) is 11.4. The zero-order valence-electron chi connectivity index (χ0n) is 18.9. The van der Waals surface area contributed by atoms with Crippen molar-refractivity contribution in [2.45, 2.75) is 36.8 Å². The summed E-state index contributed by atoms with van der Waals surface area (Å²) in [6.45, 7) is 3.30. The summed E-state index contributed by atoms with van der Waals surface area (Å²) in [6, 6.07) is 13.8. The molecule has 8 nitrogen and oxygen atoms in total. The van der Waals surface area contributed by atoms with Gasteiger partial charge < -0.3 is 9.64 Å². The molecule has 0 spiro atoms. The predicted molar refractivity (Wildman–Crippen MR) is 126 cm³/mol. The zero-order chi connectivity index (χ0) is 23.9. The van der Waals surface area contributed by atoms with Crippen LogP contribution in [-0.2, 0) is 20.3 Å². The maximum absolute atomic E-state index is 13.1. The quantitative estimate of drug-likeness (QED) is 0.530. The SMILES string of the molecule is CCOC(=O)c1nn(-c2cccc(C(=O)N3CCCCC3)c2)c2c1CS(=O)(=O)c1ccccc1-2. The van der Waals surface area contributed by atoms with Gasteiger partial charge in [0, 0.05) is 29.8 Å². The van der Waals surface area contributed by atoms with Crippen LogP contribution in [-0.4, -0.2) is 54.7 Å². The van der Waals surface area contributed by atoms with Crippen LogP contribution in [0.25, 0.3) is 16.9 Å². The number of fused-ring (bicyclic) bond motifs is 3. The second kappa shape index (κ2) is 8.72. The van der Waals surface area contributed by atoms with E-state index in [0.29, 0.717) is 28.1 Å². The number of esters is 1. The molecule has 176 valence electrons. The number of amides is 1. The number of piperidine rings is 1. The Bertz CT molecular complexity index is 1390. The third-order valence-electron chi connectivity index (χ3n) is 6.24. The van der Waals surface area contributed by atoms with Crippen LogP contribution < -0.4 is 0 Å². The molecular formula is C25H25N3O5S. The standard InChI is InChI=1S/C25H25N3O5S/c1-2-33-25(30)22-20-16-34(31,32)21-12-5-4-11-19(21)23(20)28(26-22)18-10-8-9-17(15-18)24(29)27-13-6-3-7-14-27/h4-5,8-12,15H,2-3,6-7,13-14,16H2,1H3. The molecule has 2 aliphatic rings. The fraction of sp³-hybridized carbons (Fsp3) is 0.320. The summed E-state index contributed by atoms with van der Waals surface area (Å²) in [5.74, 6) is -1.07. The van der Waals surface area contributed by atoms with Gasteiger partial charge in [0.2, 0.25) is 0 Å². The van der Waals surface area contributed by atoms with Crippen molar-refractivity contribution in [2.24, 2.45) is 0 Å². The first-order chi connectivity index (χ1) is 16.4. The molecular weight excluding hydrogens is 454 g/mol. The molecule has 0 aliphatic carbocycles. The van der Waals surface area contributed by atoms with Crippen molar-refractivity contribution in [3.8, 4) is 16.9 Å². The van der Waals surface area contributed by atoms with Gasteiger partial charge in [-0.25, -0.2) is 17.9 Å². The molecule has 0 bridgehead atoms. The second-order valence-electron chi connectivity index (χ2n) is 8.47. The summed E-state index contributed by atoms with van der Waals surface area (Å²) >= 11 is 0. The highest BCUT2D eigenvalue weighted by Crippen LogP contribution is 2.40. The van der Waals surface area contributed by atoms with E-state index in [9.17, 15) is 18.0 Å². The average molecular weight is 480 g/mol. The monoisotopic (exact) mass is 479 g/mol. The molecule has 2 aromatic carbocycles. The molecule has 1 fully saturated rings. The van der Waals surface area contributed by atoms with Crippen LogP contribution in [0.1, 0.15) is 52.6 Å². The highest BCUT2D eigenvalue weighted by atomic mass is 32.2. The first-order valence-corrected chi connectivity index (χ1v) is 13.1. The van der Waals surface area contributed by atoms with Crippen molar-refractivity contribution in [1.29, 1.82) is 0 Å². The van der Waals surface area contributed by atoms with Gasteiger partial charge >= 0.3 is 5.97 Å². The maximum Gasteiger partial charge on any atom is 0.359 e. The van der Waals surface area contributed by atoms with Gasteiger partial charge in [0.05, 0.1) is 28.6 Å². The molecule has 9 heteroatoms. The van der Waals surface area contributed by atoms with Crippen LogP contribution in [0.4, 0.5) is 0 Å². The molecule has 0 N–H and O–H groups in total. The molecule has 0 saturated carbocycles. The predicted octanol–water partition coefficient (Wildman–Crippen LogP) is 3.63. The van der Waals surface area contributed by atoms with Crippen LogP contribution in [0.2, 0.25) is 0 Å². The van der Waals surface area contributed by atoms with Crippen molar-refractivity contribution >= 4 is 21.7 Å². The summed E-state index contributed by atoms with van der Waals surface area (Å²) in [4.78, 5) is 27.9. The lowest BCUT2D eigenvalue weighted by atomic mass is 10.0. The van der Waals surface area contributed by atoms with E-state index < -0.39 is 15.8 Å². The summed E-state index contributed by atoms with van der Waals surface area (Å²) in [5.41, 5.74) is 2.38. The van der Waals surface area contributed by atoms with E-state index in [4.69, 9.17) is 4.74 Å². The van der Waals surface area contributed by atoms with Crippen molar-refractivity contribution in [2.75, 3.05) is 19.7 Å². The molecule has 0 atom stereocenters. The lowest BCUT2D eigenvalue weighted by molar-refractivity contribution is 0.0517. The number of hydrogen-bond acceptors (Lipinski definition) is 6. The van der Waals surface area contributed by atoms with E-state index in [-0.39, 0.29) is 28.9 Å². The zero-order valence-corrected chi connectivity index (χ0v) is 19.7. The molecule has 2 aliphatic heterocycles. The van der Waals surface area contributed by atoms with Gasteiger partial charge in [-0.3, -0.25) is 4.79 Å². The van der Waals surface area contributed by atoms with Crippen molar-refractivity contribution in [3.05, 3.63) is 65.4 Å². The lowest BCUT2D eigenvalue weighted by Gasteiger charge is -2.27. The van der Waals surface area contributed by atoms with E-state index in [2.05, 4.69) is 5.10 Å². The van der Waals surface area contributed by atoms with Gasteiger partial charge in [0.1, 0.15) is 0 Å². The number of rotatable bonds is 4. The Labute approximate surface area is 198 Å². The minimum absolute atomic E-state index is 0.0253. The number of carbonyl (C=O) groups is 2. The molecule has 1 saturated heterocycles. The molecule has 0 unspecified atom stereocenters. The third kappa shape index (κ3) is 3.79. The fourth-order valence-corrected chi connectivity index (χ4v) is 6.26. The summed E-state index contributed by atoms with van der Waals surface area (Å²) < 4.78 is 32.7. The smallest absolute Gasteiger partial charge is 0.359 e. The Hall–Kier alpha value is -3.46. The fourth-order valence-electron chi connectivity index (χ4n) is 4.67. The topological polar surface area (TPSA) is 98.6 Å². The molecule has 3 aromatic rings. The first kappa shape index (κ1) is 22.3. The van der Waals surface area contributed by atoms with E-state index in [1.165, 1.54) is 0 Å². The number of carbonyl (C=O) groups excluding carboxylic acids is 2. The van der Waals surface area contributed by atoms with E-state index in [1.807, 2.05) is 4.90 Å². The molecule has 3 heterocycles. The van der Waals surface area contributed by atoms with Crippen LogP contribution in [0.3, 0.4) is 0 Å². The Balaban J connectivity index is 1.67. The minimum Gasteiger partial charge on any atom is -0.461 e. The lowest BCUT2D eigenvalue weighted by Crippen LogP contribution is -2.35. The largest absolute Gasteiger partial charge is 0.461 e. The Morgan fingerprint density at radius 1 is 1.03 bits per heavy atom. The number of benzene rings is 2. The van der Waals surface area contributed by atoms with E-state index >= 15 is 0 Å². The third-order valence-corrected chi connectivity index (χ3v) is 7.94. The van der Waals surface area contributed by atoms with E-state index in [1.54, 1.807) is 60.1 Å². The summed E-state index contributed by atoms with van der Waals surface area (Å²) in [5, 5.41) is 4.51. The number of hydrogen-bond donors (Lipinski definition) is 0. The van der Waals surface area contributed by atoms with Gasteiger partial charge in [-0.05, 0) is 50.5 Å². The number of ether oxygens (including phenoxy) is 1. The molecule has 34 heavy (non-hydrogen) atoms. The highest BCUT2D eigenvalue weighted by Gasteiger charge is 2.36. The van der Waals surface area contributed by atoms with Crippen molar-refractivity contribution in [3.63, 3.8) is 0 Å². The Morgan fingerprint density at radius 2 is 1.79 bits per heavy atom. The van der Waals surface area contributed by atoms with E-state index in [0.717, 1.165) is 32.4 Å². The van der Waals surface area contributed by atoms with Gasteiger partial charge in [0.15, 0.2) is 15.5 Å². The van der Waals surface area contributed by atoms with Crippen LogP contribution in [0.5, 0.6) is 0 Å². The summed E-state index contributed by atoms with van der Waals surface area (Å²) in [7, 11) is -3.65. The van der Waals surface area contributed by atoms with Gasteiger partial charge in [-0.1, -0.05) is 24.3 Å². The van der Waals surface area contributed by atoms with Gasteiger partial charge in [-0.2, -0.15) is 5.10 Å². The minimum atomic E-state index is -3.65. The molecule has 1 amide bonds. The van der Waals surface area contributed by atoms with Crippen LogP contribution in [0.15, 0.2) is 53.4 Å². The normalized spacial score (nSPS) is 16.4. The molecule has 1 aromatic heterocycles. The van der Waals surface area contributed by atoms with Crippen molar-refractivity contribution in [1.82, 2.24) is 14.7 Å². The van der Waals surface area contributed by atoms with Gasteiger partial charge in [0.25, 0.3) is 5.91 Å². The van der Waals surface area contributed by atoms with Crippen LogP contribution >= 0.6 is 0 Å². The Kier molecular flexibility index (Phi) is 5.73. The number of nitrogens with zero attached hydrogens (tertiary/aromatic N) is 3. The van der Waals surface area contributed by atoms with Gasteiger partial charge in [-0.15, -0.1) is 0 Å². The number of likely N-dealkylation sites (tertiary alicyclic amines) is 1. The maximum atomic E-state index is 13.1. The number of aromatic nitrogens is 2.